The Morgan fingerprint density at radius 2 is 1.86 bits per heavy atom. The summed E-state index contributed by atoms with van der Waals surface area (Å²) in [6, 6.07) is 3.24. The summed E-state index contributed by atoms with van der Waals surface area (Å²) >= 11 is 0. The van der Waals surface area contributed by atoms with Gasteiger partial charge >= 0.3 is 6.18 Å². The summed E-state index contributed by atoms with van der Waals surface area (Å²) in [7, 11) is 0. The van der Waals surface area contributed by atoms with E-state index in [4.69, 9.17) is 5.73 Å². The molecule has 1 unspecified atom stereocenters. The smallest absolute Gasteiger partial charge is 0.398 e. The Morgan fingerprint density at radius 1 is 1.24 bits per heavy atom. The number of nitrogen functional groups attached to an aromatic ring is 1. The number of alkyl halides is 3. The molecule has 3 N–H and O–H groups in total. The molecule has 1 rings (SSSR count). The van der Waals surface area contributed by atoms with Crippen LogP contribution in [0.1, 0.15) is 49.5 Å². The monoisotopic (exact) mass is 302 g/mol. The third-order valence-corrected chi connectivity index (χ3v) is 3.21. The Kier molecular flexibility index (Phi) is 5.63. The summed E-state index contributed by atoms with van der Waals surface area (Å²) in [5.74, 6) is -0.0714. The number of nitrogens with two attached hydrogens (primary N) is 1. The highest BCUT2D eigenvalue weighted by molar-refractivity contribution is 6.00. The predicted molar refractivity (Wildman–Crippen MR) is 76.9 cm³/mol. The van der Waals surface area contributed by atoms with E-state index in [1.165, 1.54) is 12.1 Å². The molecule has 1 aromatic rings. The molecule has 1 aromatic carbocycles. The van der Waals surface area contributed by atoms with Gasteiger partial charge in [0.1, 0.15) is 0 Å². The molecule has 0 heterocycles. The molecular weight excluding hydrogens is 281 g/mol. The van der Waals surface area contributed by atoms with Crippen LogP contribution in [0.25, 0.3) is 0 Å². The number of anilines is 1. The first-order valence-electron chi connectivity index (χ1n) is 6.89. The second-order valence-corrected chi connectivity index (χ2v) is 5.61. The number of para-hydroxylation sites is 1. The molecule has 0 saturated carbocycles. The normalized spacial score (nSPS) is 13.3. The van der Waals surface area contributed by atoms with Crippen molar-refractivity contribution in [1.82, 2.24) is 5.32 Å². The van der Waals surface area contributed by atoms with Crippen LogP contribution in [0.3, 0.4) is 0 Å². The zero-order valence-corrected chi connectivity index (χ0v) is 12.4. The van der Waals surface area contributed by atoms with E-state index in [-0.39, 0.29) is 11.6 Å². The molecule has 0 aliphatic heterocycles. The summed E-state index contributed by atoms with van der Waals surface area (Å²) in [5.41, 5.74) is 3.84. The lowest BCUT2D eigenvalue weighted by atomic mass is 10.0. The summed E-state index contributed by atoms with van der Waals surface area (Å²) in [4.78, 5) is 12.0. The van der Waals surface area contributed by atoms with E-state index in [9.17, 15) is 18.0 Å². The van der Waals surface area contributed by atoms with Crippen LogP contribution in [-0.4, -0.2) is 11.9 Å². The first kappa shape index (κ1) is 17.3. The Balaban J connectivity index is 2.84. The lowest BCUT2D eigenvalue weighted by Crippen LogP contribution is -2.33. The summed E-state index contributed by atoms with van der Waals surface area (Å²) in [6.07, 6.45) is -2.87. The highest BCUT2D eigenvalue weighted by atomic mass is 19.4. The van der Waals surface area contributed by atoms with E-state index in [1.54, 1.807) is 0 Å². The minimum atomic E-state index is -4.57. The molecule has 1 atom stereocenters. The molecule has 0 radical (unpaired) electrons. The van der Waals surface area contributed by atoms with Gasteiger partial charge < -0.3 is 11.1 Å². The summed E-state index contributed by atoms with van der Waals surface area (Å²) in [6.45, 7) is 5.96. The van der Waals surface area contributed by atoms with Crippen molar-refractivity contribution in [2.45, 2.75) is 45.8 Å². The van der Waals surface area contributed by atoms with Gasteiger partial charge in [-0.1, -0.05) is 19.9 Å². The molecule has 0 aliphatic rings. The van der Waals surface area contributed by atoms with Gasteiger partial charge in [-0.3, -0.25) is 4.79 Å². The first-order chi connectivity index (χ1) is 9.62. The van der Waals surface area contributed by atoms with E-state index in [2.05, 4.69) is 19.2 Å². The Morgan fingerprint density at radius 3 is 2.38 bits per heavy atom. The third kappa shape index (κ3) is 4.95. The fourth-order valence-corrected chi connectivity index (χ4v) is 1.97. The summed E-state index contributed by atoms with van der Waals surface area (Å²) in [5, 5.41) is 2.68. The average Bonchev–Trinajstić information content (AvgIpc) is 2.35. The quantitative estimate of drug-likeness (QED) is 0.812. The highest BCUT2D eigenvalue weighted by Crippen LogP contribution is 2.34. The fraction of sp³-hybridized carbons (Fsp3) is 0.533. The first-order valence-corrected chi connectivity index (χ1v) is 6.89. The van der Waals surface area contributed by atoms with Crippen LogP contribution in [-0.2, 0) is 6.18 Å². The van der Waals surface area contributed by atoms with Gasteiger partial charge in [0.2, 0.25) is 0 Å². The molecule has 0 bridgehead atoms. The highest BCUT2D eigenvalue weighted by Gasteiger charge is 2.34. The molecule has 1 amide bonds. The number of nitrogens with one attached hydrogen (secondary N) is 1. The van der Waals surface area contributed by atoms with Crippen molar-refractivity contribution < 1.29 is 18.0 Å². The van der Waals surface area contributed by atoms with Crippen LogP contribution < -0.4 is 11.1 Å². The third-order valence-electron chi connectivity index (χ3n) is 3.21. The number of hydrogen-bond acceptors (Lipinski definition) is 2. The molecule has 0 aliphatic carbocycles. The number of amides is 1. The zero-order chi connectivity index (χ0) is 16.2. The van der Waals surface area contributed by atoms with Crippen molar-refractivity contribution >= 4 is 11.6 Å². The molecule has 0 saturated heterocycles. The van der Waals surface area contributed by atoms with Crippen LogP contribution in [0.2, 0.25) is 0 Å². The van der Waals surface area contributed by atoms with E-state index in [0.717, 1.165) is 18.9 Å². The van der Waals surface area contributed by atoms with E-state index in [0.29, 0.717) is 5.92 Å². The standard InChI is InChI=1S/C15H21F3N2O/c1-9(2)7-8-10(3)20-14(21)11-5-4-6-12(13(11)19)15(16,17)18/h4-6,9-10H,7-8,19H2,1-3H3,(H,20,21). The Labute approximate surface area is 122 Å². The molecule has 0 fully saturated rings. The zero-order valence-electron chi connectivity index (χ0n) is 12.4. The molecule has 6 heteroatoms. The van der Waals surface area contributed by atoms with Gasteiger partial charge in [-0.15, -0.1) is 0 Å². The number of rotatable bonds is 5. The maximum absolute atomic E-state index is 12.8. The molecule has 0 aromatic heterocycles. The van der Waals surface area contributed by atoms with Gasteiger partial charge in [-0.25, -0.2) is 0 Å². The van der Waals surface area contributed by atoms with Crippen molar-refractivity contribution in [2.24, 2.45) is 5.92 Å². The van der Waals surface area contributed by atoms with Crippen LogP contribution in [0, 0.1) is 5.92 Å². The number of benzene rings is 1. The van der Waals surface area contributed by atoms with Gasteiger partial charge in [-0.05, 0) is 37.8 Å². The van der Waals surface area contributed by atoms with Crippen molar-refractivity contribution in [1.29, 1.82) is 0 Å². The Bertz CT molecular complexity index is 498. The second kappa shape index (κ2) is 6.83. The number of hydrogen-bond donors (Lipinski definition) is 2. The van der Waals surface area contributed by atoms with Gasteiger partial charge in [0.15, 0.2) is 0 Å². The second-order valence-electron chi connectivity index (χ2n) is 5.61. The summed E-state index contributed by atoms with van der Waals surface area (Å²) < 4.78 is 38.3. The van der Waals surface area contributed by atoms with Crippen molar-refractivity contribution in [3.8, 4) is 0 Å². The van der Waals surface area contributed by atoms with E-state index < -0.39 is 23.3 Å². The van der Waals surface area contributed by atoms with Crippen LogP contribution in [0.4, 0.5) is 18.9 Å². The van der Waals surface area contributed by atoms with Crippen LogP contribution in [0.5, 0.6) is 0 Å². The van der Waals surface area contributed by atoms with Crippen LogP contribution >= 0.6 is 0 Å². The van der Waals surface area contributed by atoms with Crippen LogP contribution in [0.15, 0.2) is 18.2 Å². The fourth-order valence-electron chi connectivity index (χ4n) is 1.97. The molecule has 118 valence electrons. The molecule has 3 nitrogen and oxygen atoms in total. The minimum absolute atomic E-state index is 0.117. The SMILES string of the molecule is CC(C)CCC(C)NC(=O)c1cccc(C(F)(F)F)c1N. The van der Waals surface area contributed by atoms with Gasteiger partial charge in [0.25, 0.3) is 5.91 Å². The average molecular weight is 302 g/mol. The van der Waals surface area contributed by atoms with Crippen molar-refractivity contribution in [3.05, 3.63) is 29.3 Å². The number of halogens is 3. The van der Waals surface area contributed by atoms with Gasteiger partial charge in [0.05, 0.1) is 16.8 Å². The number of carbonyl (C=O) groups is 1. The van der Waals surface area contributed by atoms with Gasteiger partial charge in [-0.2, -0.15) is 13.2 Å². The maximum atomic E-state index is 12.8. The number of carbonyl (C=O) groups excluding carboxylic acids is 1. The molecular formula is C15H21F3N2O. The largest absolute Gasteiger partial charge is 0.418 e. The van der Waals surface area contributed by atoms with E-state index >= 15 is 0 Å². The Hall–Kier alpha value is -1.72. The topological polar surface area (TPSA) is 55.1 Å². The van der Waals surface area contributed by atoms with Gasteiger partial charge in [0, 0.05) is 6.04 Å². The predicted octanol–water partition coefficient (Wildman–Crippen LogP) is 3.84. The van der Waals surface area contributed by atoms with Crippen molar-refractivity contribution in [2.75, 3.05) is 5.73 Å². The molecule has 0 spiro atoms. The maximum Gasteiger partial charge on any atom is 0.418 e. The minimum Gasteiger partial charge on any atom is -0.398 e. The van der Waals surface area contributed by atoms with Crippen molar-refractivity contribution in [3.63, 3.8) is 0 Å². The molecule has 21 heavy (non-hydrogen) atoms. The lowest BCUT2D eigenvalue weighted by molar-refractivity contribution is -0.136. The van der Waals surface area contributed by atoms with E-state index in [1.807, 2.05) is 6.92 Å². The lowest BCUT2D eigenvalue weighted by Gasteiger charge is -2.17.